The van der Waals surface area contributed by atoms with Gasteiger partial charge < -0.3 is 9.72 Å². The number of H-pyrrole nitrogens is 1. The van der Waals surface area contributed by atoms with E-state index in [0.29, 0.717) is 0 Å². The van der Waals surface area contributed by atoms with E-state index in [-0.39, 0.29) is 0 Å². The molecular formula is C16H15NO. The van der Waals surface area contributed by atoms with Crippen molar-refractivity contribution in [3.8, 4) is 17.0 Å². The lowest BCUT2D eigenvalue weighted by molar-refractivity contribution is 0.416. The third-order valence-electron chi connectivity index (χ3n) is 3.18. The maximum atomic E-state index is 5.46. The molecule has 0 fully saturated rings. The van der Waals surface area contributed by atoms with Crippen LogP contribution in [0.5, 0.6) is 5.75 Å². The van der Waals surface area contributed by atoms with Gasteiger partial charge in [0.25, 0.3) is 0 Å². The van der Waals surface area contributed by atoms with Crippen molar-refractivity contribution in [1.29, 1.82) is 0 Å². The normalized spacial score (nSPS) is 10.8. The minimum atomic E-state index is 0.904. The lowest BCUT2D eigenvalue weighted by Gasteiger charge is -2.07. The molecule has 0 amide bonds. The molecule has 2 nitrogen and oxygen atoms in total. The van der Waals surface area contributed by atoms with Crippen molar-refractivity contribution in [2.24, 2.45) is 0 Å². The van der Waals surface area contributed by atoms with Crippen molar-refractivity contribution in [2.75, 3.05) is 7.11 Å². The lowest BCUT2D eigenvalue weighted by atomic mass is 10.1. The van der Waals surface area contributed by atoms with E-state index >= 15 is 0 Å². The zero-order valence-electron chi connectivity index (χ0n) is 10.5. The number of nitrogens with one attached hydrogen (secondary N) is 1. The fourth-order valence-electron chi connectivity index (χ4n) is 2.24. The van der Waals surface area contributed by atoms with Crippen LogP contribution in [-0.4, -0.2) is 12.1 Å². The van der Waals surface area contributed by atoms with Crippen molar-refractivity contribution >= 4 is 10.9 Å². The summed E-state index contributed by atoms with van der Waals surface area (Å²) in [5.41, 5.74) is 4.54. The minimum absolute atomic E-state index is 0.904. The number of methoxy groups -OCH3 is 1. The molecule has 1 N–H and O–H groups in total. The Bertz CT molecular complexity index is 664. The van der Waals surface area contributed by atoms with Crippen LogP contribution in [-0.2, 0) is 0 Å². The molecule has 0 aliphatic carbocycles. The molecule has 3 aromatic rings. The second kappa shape index (κ2) is 4.22. The molecule has 0 aliphatic heterocycles. The smallest absolute Gasteiger partial charge is 0.128 e. The molecule has 2 heteroatoms. The molecule has 0 bridgehead atoms. The number of rotatable bonds is 2. The summed E-state index contributed by atoms with van der Waals surface area (Å²) < 4.78 is 5.46. The van der Waals surface area contributed by atoms with Gasteiger partial charge in [-0.15, -0.1) is 0 Å². The number of benzene rings is 2. The van der Waals surface area contributed by atoms with Crippen LogP contribution in [0.2, 0.25) is 0 Å². The third-order valence-corrected chi connectivity index (χ3v) is 3.18. The molecule has 0 aliphatic rings. The van der Waals surface area contributed by atoms with Crippen LogP contribution in [0, 0.1) is 6.92 Å². The molecule has 90 valence electrons. The fraction of sp³-hybridized carbons (Fsp3) is 0.125. The Kier molecular flexibility index (Phi) is 2.56. The molecule has 1 heterocycles. The number of ether oxygens (including phenoxy) is 1. The maximum Gasteiger partial charge on any atom is 0.128 e. The van der Waals surface area contributed by atoms with Gasteiger partial charge in [0.2, 0.25) is 0 Å². The van der Waals surface area contributed by atoms with Crippen LogP contribution in [0.15, 0.2) is 48.5 Å². The Morgan fingerprint density at radius 1 is 1.00 bits per heavy atom. The number of aromatic nitrogens is 1. The highest BCUT2D eigenvalue weighted by atomic mass is 16.5. The van der Waals surface area contributed by atoms with Gasteiger partial charge in [0, 0.05) is 16.5 Å². The summed E-state index contributed by atoms with van der Waals surface area (Å²) in [6.07, 6.45) is 0. The molecule has 2 aromatic carbocycles. The topological polar surface area (TPSA) is 25.0 Å². The fourth-order valence-corrected chi connectivity index (χ4v) is 2.24. The third kappa shape index (κ3) is 1.76. The molecule has 0 unspecified atom stereocenters. The zero-order valence-corrected chi connectivity index (χ0v) is 10.5. The summed E-state index contributed by atoms with van der Waals surface area (Å²) in [6, 6.07) is 16.7. The van der Waals surface area contributed by atoms with Crippen LogP contribution in [0.1, 0.15) is 5.56 Å². The predicted octanol–water partition coefficient (Wildman–Crippen LogP) is 4.15. The zero-order chi connectivity index (χ0) is 12.5. The van der Waals surface area contributed by atoms with Gasteiger partial charge in [-0.2, -0.15) is 0 Å². The SMILES string of the molecule is COc1cc(C)ccc1-c1cc2ccccc2[nH]1. The summed E-state index contributed by atoms with van der Waals surface area (Å²) in [4.78, 5) is 3.43. The quantitative estimate of drug-likeness (QED) is 0.711. The van der Waals surface area contributed by atoms with Crippen LogP contribution < -0.4 is 4.74 Å². The van der Waals surface area contributed by atoms with E-state index in [4.69, 9.17) is 4.74 Å². The monoisotopic (exact) mass is 237 g/mol. The summed E-state index contributed by atoms with van der Waals surface area (Å²) in [6.45, 7) is 2.07. The van der Waals surface area contributed by atoms with Crippen molar-refractivity contribution in [2.45, 2.75) is 6.92 Å². The van der Waals surface area contributed by atoms with Gasteiger partial charge in [-0.05, 0) is 36.8 Å². The highest BCUT2D eigenvalue weighted by Gasteiger charge is 2.08. The van der Waals surface area contributed by atoms with Gasteiger partial charge in [0.1, 0.15) is 5.75 Å². The molecule has 0 saturated carbocycles. The molecule has 0 radical (unpaired) electrons. The summed E-state index contributed by atoms with van der Waals surface area (Å²) in [5, 5.41) is 1.22. The molecule has 0 atom stereocenters. The van der Waals surface area contributed by atoms with E-state index in [9.17, 15) is 0 Å². The first-order valence-corrected chi connectivity index (χ1v) is 6.01. The number of aromatic amines is 1. The van der Waals surface area contributed by atoms with Crippen LogP contribution in [0.3, 0.4) is 0 Å². The number of hydrogen-bond donors (Lipinski definition) is 1. The van der Waals surface area contributed by atoms with Gasteiger partial charge >= 0.3 is 0 Å². The van der Waals surface area contributed by atoms with Crippen molar-refractivity contribution in [3.05, 3.63) is 54.1 Å². The molecular weight excluding hydrogens is 222 g/mol. The van der Waals surface area contributed by atoms with E-state index in [1.807, 2.05) is 12.1 Å². The first-order valence-electron chi connectivity index (χ1n) is 6.01. The van der Waals surface area contributed by atoms with Crippen molar-refractivity contribution < 1.29 is 4.74 Å². The summed E-state index contributed by atoms with van der Waals surface area (Å²) in [7, 11) is 1.71. The van der Waals surface area contributed by atoms with Crippen LogP contribution in [0.25, 0.3) is 22.2 Å². The molecule has 3 rings (SSSR count). The van der Waals surface area contributed by atoms with Crippen molar-refractivity contribution in [1.82, 2.24) is 4.98 Å². The highest BCUT2D eigenvalue weighted by molar-refractivity contribution is 5.87. The van der Waals surface area contributed by atoms with E-state index in [1.165, 1.54) is 10.9 Å². The second-order valence-corrected chi connectivity index (χ2v) is 4.47. The first-order chi connectivity index (χ1) is 8.78. The number of para-hydroxylation sites is 1. The standard InChI is InChI=1S/C16H15NO/c1-11-7-8-13(16(9-11)18-2)15-10-12-5-3-4-6-14(12)17-15/h3-10,17H,1-2H3. The highest BCUT2D eigenvalue weighted by Crippen LogP contribution is 2.32. The Hall–Kier alpha value is -2.22. The largest absolute Gasteiger partial charge is 0.496 e. The van der Waals surface area contributed by atoms with Gasteiger partial charge in [-0.25, -0.2) is 0 Å². The average Bonchev–Trinajstić information content (AvgIpc) is 2.82. The van der Waals surface area contributed by atoms with Gasteiger partial charge in [-0.1, -0.05) is 24.3 Å². The van der Waals surface area contributed by atoms with Gasteiger partial charge in [0.15, 0.2) is 0 Å². The predicted molar refractivity (Wildman–Crippen MR) is 75.0 cm³/mol. The Balaban J connectivity index is 2.19. The van der Waals surface area contributed by atoms with Crippen molar-refractivity contribution in [3.63, 3.8) is 0 Å². The number of aryl methyl sites for hydroxylation is 1. The number of hydrogen-bond acceptors (Lipinski definition) is 1. The average molecular weight is 237 g/mol. The second-order valence-electron chi connectivity index (χ2n) is 4.47. The first kappa shape index (κ1) is 10.9. The lowest BCUT2D eigenvalue weighted by Crippen LogP contribution is -1.88. The van der Waals surface area contributed by atoms with E-state index in [0.717, 1.165) is 22.5 Å². The molecule has 0 saturated heterocycles. The van der Waals surface area contributed by atoms with E-state index in [1.54, 1.807) is 7.11 Å². The minimum Gasteiger partial charge on any atom is -0.496 e. The molecule has 0 spiro atoms. The Morgan fingerprint density at radius 2 is 1.83 bits per heavy atom. The van der Waals surface area contributed by atoms with Gasteiger partial charge in [-0.3, -0.25) is 0 Å². The van der Waals surface area contributed by atoms with Crippen LogP contribution >= 0.6 is 0 Å². The maximum absolute atomic E-state index is 5.46. The summed E-state index contributed by atoms with van der Waals surface area (Å²) in [5.74, 6) is 0.904. The summed E-state index contributed by atoms with van der Waals surface area (Å²) >= 11 is 0. The molecule has 1 aromatic heterocycles. The van der Waals surface area contributed by atoms with E-state index < -0.39 is 0 Å². The number of fused-ring (bicyclic) bond motifs is 1. The Morgan fingerprint density at radius 3 is 2.61 bits per heavy atom. The van der Waals surface area contributed by atoms with Crippen LogP contribution in [0.4, 0.5) is 0 Å². The van der Waals surface area contributed by atoms with Gasteiger partial charge in [0.05, 0.1) is 12.8 Å². The molecule has 18 heavy (non-hydrogen) atoms. The van der Waals surface area contributed by atoms with E-state index in [2.05, 4.69) is 48.3 Å². The Labute approximate surface area is 106 Å².